The maximum atomic E-state index is 13.1. The Morgan fingerprint density at radius 3 is 2.41 bits per heavy atom. The zero-order valence-electron chi connectivity index (χ0n) is 8.97. The maximum Gasteiger partial charge on any atom is 0.224 e. The quantitative estimate of drug-likeness (QED) is 0.619. The SMILES string of the molecule is O=C(CCCCO)Nc1cc(F)c(F)cc1F. The van der Waals surface area contributed by atoms with Gasteiger partial charge in [0.05, 0.1) is 5.69 Å². The molecule has 17 heavy (non-hydrogen) atoms. The van der Waals surface area contributed by atoms with E-state index in [4.69, 9.17) is 5.11 Å². The van der Waals surface area contributed by atoms with Crippen molar-refractivity contribution in [3.63, 3.8) is 0 Å². The largest absolute Gasteiger partial charge is 0.396 e. The van der Waals surface area contributed by atoms with Crippen LogP contribution in [0.4, 0.5) is 18.9 Å². The molecular weight excluding hydrogens is 235 g/mol. The summed E-state index contributed by atoms with van der Waals surface area (Å²) in [5, 5.41) is 10.6. The van der Waals surface area contributed by atoms with Crippen molar-refractivity contribution < 1.29 is 23.1 Å². The second-order valence-electron chi connectivity index (χ2n) is 3.48. The smallest absolute Gasteiger partial charge is 0.224 e. The number of aliphatic hydroxyl groups excluding tert-OH is 1. The van der Waals surface area contributed by atoms with E-state index in [-0.39, 0.29) is 13.0 Å². The monoisotopic (exact) mass is 247 g/mol. The van der Waals surface area contributed by atoms with Gasteiger partial charge in [-0.1, -0.05) is 0 Å². The Labute approximate surface area is 96.3 Å². The van der Waals surface area contributed by atoms with Crippen LogP contribution in [0.5, 0.6) is 0 Å². The Hall–Kier alpha value is -1.56. The fourth-order valence-corrected chi connectivity index (χ4v) is 1.23. The third-order valence-electron chi connectivity index (χ3n) is 2.10. The van der Waals surface area contributed by atoms with E-state index in [1.54, 1.807) is 0 Å². The minimum atomic E-state index is -1.30. The first-order valence-corrected chi connectivity index (χ1v) is 5.10. The molecule has 6 heteroatoms. The summed E-state index contributed by atoms with van der Waals surface area (Å²) in [6.45, 7) is -0.0349. The predicted octanol–water partition coefficient (Wildman–Crippen LogP) is 2.21. The standard InChI is InChI=1S/C11H12F3NO2/c12-7-5-9(14)10(6-8(7)13)15-11(17)3-1-2-4-16/h5-6,16H,1-4H2,(H,15,17). The summed E-state index contributed by atoms with van der Waals surface area (Å²) in [5.74, 6) is -4.07. The first-order chi connectivity index (χ1) is 8.04. The molecule has 0 unspecified atom stereocenters. The molecule has 0 aliphatic rings. The topological polar surface area (TPSA) is 49.3 Å². The van der Waals surface area contributed by atoms with Crippen molar-refractivity contribution in [2.45, 2.75) is 19.3 Å². The molecule has 0 fully saturated rings. The second kappa shape index (κ2) is 6.24. The summed E-state index contributed by atoms with van der Waals surface area (Å²) in [4.78, 5) is 11.3. The highest BCUT2D eigenvalue weighted by atomic mass is 19.2. The number of rotatable bonds is 5. The van der Waals surface area contributed by atoms with Crippen molar-refractivity contribution in [1.29, 1.82) is 0 Å². The number of aliphatic hydroxyl groups is 1. The van der Waals surface area contributed by atoms with Gasteiger partial charge in [-0.05, 0) is 12.8 Å². The third kappa shape index (κ3) is 4.07. The predicted molar refractivity (Wildman–Crippen MR) is 55.9 cm³/mol. The Kier molecular flexibility index (Phi) is 4.96. The highest BCUT2D eigenvalue weighted by Gasteiger charge is 2.11. The summed E-state index contributed by atoms with van der Waals surface area (Å²) >= 11 is 0. The van der Waals surface area contributed by atoms with Crippen molar-refractivity contribution in [2.24, 2.45) is 0 Å². The highest BCUT2D eigenvalue weighted by molar-refractivity contribution is 5.90. The lowest BCUT2D eigenvalue weighted by molar-refractivity contribution is -0.116. The van der Waals surface area contributed by atoms with Gasteiger partial charge in [-0.2, -0.15) is 0 Å². The zero-order chi connectivity index (χ0) is 12.8. The van der Waals surface area contributed by atoms with Crippen molar-refractivity contribution in [3.05, 3.63) is 29.6 Å². The van der Waals surface area contributed by atoms with Crippen LogP contribution >= 0.6 is 0 Å². The molecule has 0 saturated heterocycles. The van der Waals surface area contributed by atoms with Gasteiger partial charge >= 0.3 is 0 Å². The van der Waals surface area contributed by atoms with E-state index in [2.05, 4.69) is 5.32 Å². The van der Waals surface area contributed by atoms with E-state index in [0.717, 1.165) is 0 Å². The Balaban J connectivity index is 2.62. The molecule has 1 amide bonds. The van der Waals surface area contributed by atoms with E-state index in [1.807, 2.05) is 0 Å². The molecule has 0 aromatic heterocycles. The van der Waals surface area contributed by atoms with Crippen molar-refractivity contribution in [1.82, 2.24) is 0 Å². The lowest BCUT2D eigenvalue weighted by atomic mass is 10.2. The minimum Gasteiger partial charge on any atom is -0.396 e. The molecule has 94 valence electrons. The maximum absolute atomic E-state index is 13.1. The molecule has 0 saturated carbocycles. The van der Waals surface area contributed by atoms with E-state index in [1.165, 1.54) is 0 Å². The normalized spacial score (nSPS) is 10.4. The lowest BCUT2D eigenvalue weighted by Gasteiger charge is -2.06. The van der Waals surface area contributed by atoms with Gasteiger partial charge in [-0.3, -0.25) is 4.79 Å². The molecule has 1 rings (SSSR count). The van der Waals surface area contributed by atoms with Crippen LogP contribution in [0.15, 0.2) is 12.1 Å². The van der Waals surface area contributed by atoms with Gasteiger partial charge in [-0.15, -0.1) is 0 Å². The van der Waals surface area contributed by atoms with Crippen LogP contribution < -0.4 is 5.32 Å². The van der Waals surface area contributed by atoms with Crippen LogP contribution in [-0.2, 0) is 4.79 Å². The molecule has 3 nitrogen and oxygen atoms in total. The van der Waals surface area contributed by atoms with E-state index in [0.29, 0.717) is 25.0 Å². The Bertz CT molecular complexity index is 410. The van der Waals surface area contributed by atoms with Gasteiger partial charge in [0, 0.05) is 25.2 Å². The number of unbranched alkanes of at least 4 members (excludes halogenated alkanes) is 1. The highest BCUT2D eigenvalue weighted by Crippen LogP contribution is 2.18. The van der Waals surface area contributed by atoms with Crippen molar-refractivity contribution in [2.75, 3.05) is 11.9 Å². The number of anilines is 1. The molecule has 0 aliphatic heterocycles. The summed E-state index contributed by atoms with van der Waals surface area (Å²) in [7, 11) is 0. The number of amides is 1. The third-order valence-corrected chi connectivity index (χ3v) is 2.10. The fourth-order valence-electron chi connectivity index (χ4n) is 1.23. The average molecular weight is 247 g/mol. The molecule has 0 radical (unpaired) electrons. The fraction of sp³-hybridized carbons (Fsp3) is 0.364. The van der Waals surface area contributed by atoms with Crippen molar-refractivity contribution >= 4 is 11.6 Å². The molecule has 0 aliphatic carbocycles. The van der Waals surface area contributed by atoms with Crippen molar-refractivity contribution in [3.8, 4) is 0 Å². The second-order valence-corrected chi connectivity index (χ2v) is 3.48. The number of nitrogens with one attached hydrogen (secondary N) is 1. The van der Waals surface area contributed by atoms with Gasteiger partial charge in [0.1, 0.15) is 5.82 Å². The van der Waals surface area contributed by atoms with Crippen LogP contribution in [0.25, 0.3) is 0 Å². The molecule has 0 atom stereocenters. The van der Waals surface area contributed by atoms with E-state index < -0.39 is 29.0 Å². The Morgan fingerprint density at radius 1 is 1.12 bits per heavy atom. The minimum absolute atomic E-state index is 0.0349. The van der Waals surface area contributed by atoms with Gasteiger partial charge in [0.15, 0.2) is 11.6 Å². The molecular formula is C11H12F3NO2. The van der Waals surface area contributed by atoms with E-state index in [9.17, 15) is 18.0 Å². The number of carbonyl (C=O) groups excluding carboxylic acids is 1. The molecule has 1 aromatic rings. The molecule has 0 bridgehead atoms. The Morgan fingerprint density at radius 2 is 1.76 bits per heavy atom. The van der Waals surface area contributed by atoms with Crippen LogP contribution in [0.1, 0.15) is 19.3 Å². The molecule has 2 N–H and O–H groups in total. The first-order valence-electron chi connectivity index (χ1n) is 5.10. The zero-order valence-corrected chi connectivity index (χ0v) is 8.97. The number of halogens is 3. The van der Waals surface area contributed by atoms with Crippen LogP contribution in [-0.4, -0.2) is 17.6 Å². The van der Waals surface area contributed by atoms with Crippen LogP contribution in [0, 0.1) is 17.5 Å². The van der Waals surface area contributed by atoms with Gasteiger partial charge in [0.2, 0.25) is 5.91 Å². The lowest BCUT2D eigenvalue weighted by Crippen LogP contribution is -2.13. The number of benzene rings is 1. The van der Waals surface area contributed by atoms with Crippen LogP contribution in [0.2, 0.25) is 0 Å². The van der Waals surface area contributed by atoms with Gasteiger partial charge in [-0.25, -0.2) is 13.2 Å². The summed E-state index contributed by atoms with van der Waals surface area (Å²) in [6, 6.07) is 0.966. The first kappa shape index (κ1) is 13.5. The molecule has 1 aromatic carbocycles. The van der Waals surface area contributed by atoms with E-state index >= 15 is 0 Å². The van der Waals surface area contributed by atoms with Gasteiger partial charge in [0.25, 0.3) is 0 Å². The number of carbonyl (C=O) groups is 1. The summed E-state index contributed by atoms with van der Waals surface area (Å²) in [5.41, 5.74) is -0.391. The van der Waals surface area contributed by atoms with Crippen LogP contribution in [0.3, 0.4) is 0 Å². The number of hydrogen-bond acceptors (Lipinski definition) is 2. The summed E-state index contributed by atoms with van der Waals surface area (Å²) in [6.07, 6.45) is 0.973. The molecule has 0 heterocycles. The average Bonchev–Trinajstić information content (AvgIpc) is 2.26. The summed E-state index contributed by atoms with van der Waals surface area (Å²) < 4.78 is 38.5. The van der Waals surface area contributed by atoms with Gasteiger partial charge < -0.3 is 10.4 Å². The number of hydrogen-bond donors (Lipinski definition) is 2. The molecule has 0 spiro atoms.